The van der Waals surface area contributed by atoms with E-state index >= 15 is 0 Å². The van der Waals surface area contributed by atoms with Crippen molar-refractivity contribution in [1.29, 1.82) is 5.26 Å². The van der Waals surface area contributed by atoms with E-state index in [2.05, 4.69) is 20.9 Å². The van der Waals surface area contributed by atoms with Crippen molar-refractivity contribution in [3.05, 3.63) is 32.5 Å². The van der Waals surface area contributed by atoms with Crippen LogP contribution < -0.4 is 0 Å². The molecule has 5 nitrogen and oxygen atoms in total. The molecule has 1 aromatic heterocycles. The first kappa shape index (κ1) is 8.62. The third-order valence-electron chi connectivity index (χ3n) is 1.16. The quantitative estimate of drug-likeness (QED) is 0.540. The predicted octanol–water partition coefficient (Wildman–Crippen LogP) is 1.62. The molecule has 1 heterocycles. The van der Waals surface area contributed by atoms with Crippen LogP contribution >= 0.6 is 15.9 Å². The zero-order valence-corrected chi connectivity index (χ0v) is 7.28. The molecule has 0 aliphatic carbocycles. The zero-order chi connectivity index (χ0) is 9.14. The maximum atomic E-state index is 10.4. The maximum Gasteiger partial charge on any atom is 0.319 e. The molecule has 0 saturated carbocycles. The molecule has 0 aromatic carbocycles. The smallest absolute Gasteiger partial charge is 0.258 e. The molecule has 0 aliphatic rings. The van der Waals surface area contributed by atoms with Crippen molar-refractivity contribution >= 4 is 21.6 Å². The summed E-state index contributed by atoms with van der Waals surface area (Å²) < 4.78 is 0.263. The van der Waals surface area contributed by atoms with Crippen LogP contribution in [0.2, 0.25) is 0 Å². The molecule has 6 heteroatoms. The van der Waals surface area contributed by atoms with Crippen LogP contribution in [0.25, 0.3) is 0 Å². The average molecular weight is 228 g/mol. The molecule has 1 aromatic rings. The number of hydrogen-bond acceptors (Lipinski definition) is 4. The zero-order valence-electron chi connectivity index (χ0n) is 5.69. The lowest BCUT2D eigenvalue weighted by molar-refractivity contribution is -0.386. The molecular weight excluding hydrogens is 226 g/mol. The van der Waals surface area contributed by atoms with Crippen molar-refractivity contribution in [2.24, 2.45) is 0 Å². The van der Waals surface area contributed by atoms with Crippen LogP contribution in [0.5, 0.6) is 0 Å². The largest absolute Gasteiger partial charge is 0.319 e. The number of nitrogens with zero attached hydrogens (tertiary/aromatic N) is 3. The van der Waals surface area contributed by atoms with E-state index in [0.717, 1.165) is 0 Å². The topological polar surface area (TPSA) is 79.8 Å². The molecule has 0 aliphatic heterocycles. The van der Waals surface area contributed by atoms with Gasteiger partial charge in [-0.1, -0.05) is 0 Å². The van der Waals surface area contributed by atoms with Crippen LogP contribution in [-0.4, -0.2) is 9.91 Å². The van der Waals surface area contributed by atoms with E-state index in [1.807, 2.05) is 0 Å². The van der Waals surface area contributed by atoms with E-state index in [1.54, 1.807) is 6.07 Å². The SMILES string of the molecule is N#Cc1nccc(Br)c1[N+](=O)[O-]. The van der Waals surface area contributed by atoms with Gasteiger partial charge in [0.05, 0.1) is 9.40 Å². The summed E-state index contributed by atoms with van der Waals surface area (Å²) in [6.07, 6.45) is 1.33. The summed E-state index contributed by atoms with van der Waals surface area (Å²) >= 11 is 2.96. The number of aromatic nitrogens is 1. The Hall–Kier alpha value is -1.48. The van der Waals surface area contributed by atoms with E-state index < -0.39 is 4.92 Å². The van der Waals surface area contributed by atoms with E-state index in [0.29, 0.717) is 0 Å². The summed E-state index contributed by atoms with van der Waals surface area (Å²) in [5.74, 6) is 0. The normalized spacial score (nSPS) is 9.00. The highest BCUT2D eigenvalue weighted by Gasteiger charge is 2.18. The van der Waals surface area contributed by atoms with Gasteiger partial charge in [0.2, 0.25) is 5.69 Å². The average Bonchev–Trinajstić information content (AvgIpc) is 2.03. The van der Waals surface area contributed by atoms with Crippen molar-refractivity contribution in [2.45, 2.75) is 0 Å². The number of halogens is 1. The Morgan fingerprint density at radius 2 is 2.42 bits per heavy atom. The molecule has 0 atom stereocenters. The lowest BCUT2D eigenvalue weighted by Crippen LogP contribution is -1.95. The van der Waals surface area contributed by atoms with Gasteiger partial charge in [0.15, 0.2) is 0 Å². The van der Waals surface area contributed by atoms with Crippen molar-refractivity contribution in [3.8, 4) is 6.07 Å². The maximum absolute atomic E-state index is 10.4. The fraction of sp³-hybridized carbons (Fsp3) is 0. The first-order valence-corrected chi connectivity index (χ1v) is 3.65. The molecule has 0 spiro atoms. The van der Waals surface area contributed by atoms with E-state index in [1.165, 1.54) is 12.3 Å². The number of hydrogen-bond donors (Lipinski definition) is 0. The monoisotopic (exact) mass is 227 g/mol. The van der Waals surface area contributed by atoms with Gasteiger partial charge in [0.1, 0.15) is 6.07 Å². The Morgan fingerprint density at radius 3 is 2.83 bits per heavy atom. The summed E-state index contributed by atoms with van der Waals surface area (Å²) in [5.41, 5.74) is -0.477. The summed E-state index contributed by atoms with van der Waals surface area (Å²) in [6, 6.07) is 3.05. The second kappa shape index (κ2) is 3.28. The van der Waals surface area contributed by atoms with Crippen LogP contribution in [0.4, 0.5) is 5.69 Å². The van der Waals surface area contributed by atoms with Gasteiger partial charge in [-0.3, -0.25) is 10.1 Å². The standard InChI is InChI=1S/C6H2BrN3O2/c7-4-1-2-9-5(3-8)6(4)10(11)12/h1-2H. The van der Waals surface area contributed by atoms with Gasteiger partial charge in [-0.05, 0) is 22.0 Å². The van der Waals surface area contributed by atoms with Crippen molar-refractivity contribution < 1.29 is 4.92 Å². The number of nitriles is 1. The molecule has 0 radical (unpaired) electrons. The first-order chi connectivity index (χ1) is 5.66. The molecule has 0 N–H and O–H groups in total. The Balaban J connectivity index is 3.42. The molecule has 0 unspecified atom stereocenters. The number of pyridine rings is 1. The highest BCUT2D eigenvalue weighted by molar-refractivity contribution is 9.10. The van der Waals surface area contributed by atoms with Crippen LogP contribution in [0, 0.1) is 21.4 Å². The highest BCUT2D eigenvalue weighted by Crippen LogP contribution is 2.25. The lowest BCUT2D eigenvalue weighted by Gasteiger charge is -1.94. The summed E-state index contributed by atoms with van der Waals surface area (Å²) in [5, 5.41) is 18.8. The minimum atomic E-state index is -0.643. The van der Waals surface area contributed by atoms with Gasteiger partial charge in [-0.25, -0.2) is 4.98 Å². The third-order valence-corrected chi connectivity index (χ3v) is 1.80. The van der Waals surface area contributed by atoms with Crippen LogP contribution in [0.15, 0.2) is 16.7 Å². The van der Waals surface area contributed by atoms with Crippen molar-refractivity contribution in [2.75, 3.05) is 0 Å². The summed E-state index contributed by atoms with van der Waals surface area (Å²) in [4.78, 5) is 13.3. The highest BCUT2D eigenvalue weighted by atomic mass is 79.9. The minimum absolute atomic E-state index is 0.186. The van der Waals surface area contributed by atoms with Crippen LogP contribution in [0.3, 0.4) is 0 Å². The van der Waals surface area contributed by atoms with E-state index in [4.69, 9.17) is 5.26 Å². The molecule has 0 saturated heterocycles. The predicted molar refractivity (Wildman–Crippen MR) is 43.3 cm³/mol. The molecule has 60 valence electrons. The Bertz CT molecular complexity index is 372. The van der Waals surface area contributed by atoms with Gasteiger partial charge in [0, 0.05) is 6.20 Å². The Morgan fingerprint density at radius 1 is 1.75 bits per heavy atom. The Kier molecular flexibility index (Phi) is 2.35. The van der Waals surface area contributed by atoms with E-state index in [9.17, 15) is 10.1 Å². The number of nitro groups is 1. The molecule has 0 amide bonds. The second-order valence-corrected chi connectivity index (χ2v) is 2.71. The van der Waals surface area contributed by atoms with Gasteiger partial charge >= 0.3 is 5.69 Å². The van der Waals surface area contributed by atoms with Crippen molar-refractivity contribution in [1.82, 2.24) is 4.98 Å². The van der Waals surface area contributed by atoms with Crippen molar-refractivity contribution in [3.63, 3.8) is 0 Å². The molecule has 12 heavy (non-hydrogen) atoms. The fourth-order valence-corrected chi connectivity index (χ4v) is 1.14. The van der Waals surface area contributed by atoms with Gasteiger partial charge in [0.25, 0.3) is 0 Å². The van der Waals surface area contributed by atoms with Crippen LogP contribution in [-0.2, 0) is 0 Å². The van der Waals surface area contributed by atoms with Gasteiger partial charge < -0.3 is 0 Å². The van der Waals surface area contributed by atoms with Crippen LogP contribution in [0.1, 0.15) is 5.69 Å². The molecule has 0 bridgehead atoms. The molecule has 1 rings (SSSR count). The summed E-state index contributed by atoms with van der Waals surface area (Å²) in [6.45, 7) is 0. The fourth-order valence-electron chi connectivity index (χ4n) is 0.686. The molecule has 0 fully saturated rings. The Labute approximate surface area is 75.9 Å². The van der Waals surface area contributed by atoms with E-state index in [-0.39, 0.29) is 15.9 Å². The second-order valence-electron chi connectivity index (χ2n) is 1.86. The summed E-state index contributed by atoms with van der Waals surface area (Å²) in [7, 11) is 0. The lowest BCUT2D eigenvalue weighted by atomic mass is 10.3. The third kappa shape index (κ3) is 1.40. The van der Waals surface area contributed by atoms with Gasteiger partial charge in [-0.15, -0.1) is 0 Å². The first-order valence-electron chi connectivity index (χ1n) is 2.86. The number of rotatable bonds is 1. The molecular formula is C6H2BrN3O2. The minimum Gasteiger partial charge on any atom is -0.258 e. The van der Waals surface area contributed by atoms with Gasteiger partial charge in [-0.2, -0.15) is 5.26 Å².